The van der Waals surface area contributed by atoms with E-state index in [1.54, 1.807) is 11.3 Å². The molecule has 0 saturated heterocycles. The van der Waals surface area contributed by atoms with Gasteiger partial charge in [-0.3, -0.25) is 4.79 Å². The number of hydrogen-bond acceptors (Lipinski definition) is 6. The number of aryl methyl sites for hydroxylation is 1. The predicted molar refractivity (Wildman–Crippen MR) is 99.7 cm³/mol. The van der Waals surface area contributed by atoms with Gasteiger partial charge >= 0.3 is 11.9 Å². The van der Waals surface area contributed by atoms with Gasteiger partial charge in [-0.05, 0) is 36.2 Å². The number of aliphatic carboxylic acids is 2. The van der Waals surface area contributed by atoms with Crippen LogP contribution in [0.2, 0.25) is 0 Å². The minimum atomic E-state index is -1.23. The molecule has 0 saturated carbocycles. The van der Waals surface area contributed by atoms with Crippen LogP contribution < -0.4 is 5.32 Å². The second kappa shape index (κ2) is 6.83. The maximum atomic E-state index is 11.4. The van der Waals surface area contributed by atoms with Gasteiger partial charge < -0.3 is 15.5 Å². The molecule has 2 aromatic heterocycles. The highest BCUT2D eigenvalue weighted by atomic mass is 32.1. The quantitative estimate of drug-likeness (QED) is 0.733. The molecule has 2 atom stereocenters. The maximum absolute atomic E-state index is 11.4. The fourth-order valence-electron chi connectivity index (χ4n) is 3.50. The molecule has 0 aliphatic heterocycles. The number of fused-ring (bicyclic) bond motifs is 3. The molecule has 0 fully saturated rings. The van der Waals surface area contributed by atoms with Crippen molar-refractivity contribution in [3.05, 3.63) is 16.8 Å². The van der Waals surface area contributed by atoms with Crippen molar-refractivity contribution in [1.82, 2.24) is 9.97 Å². The number of rotatable bonds is 5. The topological polar surface area (TPSA) is 112 Å². The van der Waals surface area contributed by atoms with Crippen LogP contribution in [0.3, 0.4) is 0 Å². The lowest BCUT2D eigenvalue weighted by Crippen LogP contribution is -2.32. The highest BCUT2D eigenvalue weighted by Gasteiger charge is 2.32. The molecule has 0 aromatic carbocycles. The van der Waals surface area contributed by atoms with Gasteiger partial charge in [-0.2, -0.15) is 0 Å². The second-order valence-corrected chi connectivity index (χ2v) is 8.93. The number of thiophene rings is 1. The van der Waals surface area contributed by atoms with Gasteiger partial charge in [-0.15, -0.1) is 11.3 Å². The third-order valence-electron chi connectivity index (χ3n) is 5.06. The monoisotopic (exact) mass is 377 g/mol. The molecular weight excluding hydrogens is 354 g/mol. The summed E-state index contributed by atoms with van der Waals surface area (Å²) in [5.41, 5.74) is 1.41. The first-order chi connectivity index (χ1) is 12.2. The normalized spacial score (nSPS) is 18.3. The van der Waals surface area contributed by atoms with Gasteiger partial charge in [-0.25, -0.2) is 14.8 Å². The Balaban J connectivity index is 1.97. The minimum absolute atomic E-state index is 0.233. The van der Waals surface area contributed by atoms with Gasteiger partial charge in [0.25, 0.3) is 0 Å². The van der Waals surface area contributed by atoms with Crippen LogP contribution in [0, 0.1) is 11.3 Å². The van der Waals surface area contributed by atoms with Crippen LogP contribution in [-0.4, -0.2) is 38.2 Å². The first-order valence-electron chi connectivity index (χ1n) is 8.63. The van der Waals surface area contributed by atoms with Crippen molar-refractivity contribution in [1.29, 1.82) is 0 Å². The molecule has 1 aliphatic carbocycles. The lowest BCUT2D eigenvalue weighted by atomic mass is 9.72. The smallest absolute Gasteiger partial charge is 0.326 e. The lowest BCUT2D eigenvalue weighted by molar-refractivity contribution is -0.144. The third-order valence-corrected chi connectivity index (χ3v) is 6.22. The molecule has 1 aliphatic rings. The van der Waals surface area contributed by atoms with Crippen LogP contribution in [0.5, 0.6) is 0 Å². The summed E-state index contributed by atoms with van der Waals surface area (Å²) in [6.07, 6.45) is 3.83. The largest absolute Gasteiger partial charge is 0.481 e. The molecular formula is C18H23N3O4S. The van der Waals surface area contributed by atoms with E-state index in [0.29, 0.717) is 11.7 Å². The molecule has 0 bridgehead atoms. The number of carboxylic acid groups (broad SMARTS) is 2. The summed E-state index contributed by atoms with van der Waals surface area (Å²) in [6.45, 7) is 6.77. The Morgan fingerprint density at radius 1 is 1.35 bits per heavy atom. The summed E-state index contributed by atoms with van der Waals surface area (Å²) in [5.74, 6) is -1.38. The zero-order valence-electron chi connectivity index (χ0n) is 15.1. The first kappa shape index (κ1) is 18.6. The van der Waals surface area contributed by atoms with E-state index in [1.165, 1.54) is 16.8 Å². The van der Waals surface area contributed by atoms with Gasteiger partial charge in [0.2, 0.25) is 0 Å². The van der Waals surface area contributed by atoms with Crippen molar-refractivity contribution in [3.63, 3.8) is 0 Å². The van der Waals surface area contributed by atoms with Gasteiger partial charge in [0.15, 0.2) is 0 Å². The molecule has 8 heteroatoms. The number of anilines is 1. The summed E-state index contributed by atoms with van der Waals surface area (Å²) in [6, 6.07) is -1.23. The Hall–Kier alpha value is -2.22. The summed E-state index contributed by atoms with van der Waals surface area (Å²) in [7, 11) is 0. The maximum Gasteiger partial charge on any atom is 0.326 e. The van der Waals surface area contributed by atoms with Gasteiger partial charge in [0.05, 0.1) is 11.8 Å². The molecule has 7 nitrogen and oxygen atoms in total. The van der Waals surface area contributed by atoms with Crippen LogP contribution in [0.1, 0.15) is 44.1 Å². The van der Waals surface area contributed by atoms with Gasteiger partial charge in [0, 0.05) is 4.88 Å². The Labute approximate surface area is 155 Å². The van der Waals surface area contributed by atoms with Crippen LogP contribution in [0.25, 0.3) is 10.2 Å². The first-order valence-corrected chi connectivity index (χ1v) is 9.45. The van der Waals surface area contributed by atoms with E-state index in [9.17, 15) is 14.7 Å². The molecule has 0 spiro atoms. The molecule has 2 unspecified atom stereocenters. The van der Waals surface area contributed by atoms with Crippen molar-refractivity contribution in [2.75, 3.05) is 5.32 Å². The zero-order valence-corrected chi connectivity index (χ0v) is 15.9. The predicted octanol–water partition coefficient (Wildman–Crippen LogP) is 3.18. The fourth-order valence-corrected chi connectivity index (χ4v) is 4.77. The summed E-state index contributed by atoms with van der Waals surface area (Å²) < 4.78 is 0. The summed E-state index contributed by atoms with van der Waals surface area (Å²) in [5, 5.41) is 21.9. The van der Waals surface area contributed by atoms with Gasteiger partial charge in [-0.1, -0.05) is 20.8 Å². The van der Waals surface area contributed by atoms with E-state index in [-0.39, 0.29) is 5.41 Å². The third kappa shape index (κ3) is 3.65. The number of hydrogen-bond donors (Lipinski definition) is 3. The molecule has 0 radical (unpaired) electrons. The molecule has 26 heavy (non-hydrogen) atoms. The van der Waals surface area contributed by atoms with Crippen molar-refractivity contribution in [3.8, 4) is 0 Å². The Kier molecular flexibility index (Phi) is 4.88. The molecule has 3 N–H and O–H groups in total. The average Bonchev–Trinajstić information content (AvgIpc) is 2.91. The summed E-state index contributed by atoms with van der Waals surface area (Å²) >= 11 is 1.63. The van der Waals surface area contributed by atoms with Crippen LogP contribution in [0.4, 0.5) is 5.82 Å². The van der Waals surface area contributed by atoms with Crippen molar-refractivity contribution in [2.45, 2.75) is 52.5 Å². The molecule has 2 aromatic rings. The molecule has 3 rings (SSSR count). The average molecular weight is 377 g/mol. The van der Waals surface area contributed by atoms with Crippen LogP contribution >= 0.6 is 11.3 Å². The highest BCUT2D eigenvalue weighted by molar-refractivity contribution is 7.19. The van der Waals surface area contributed by atoms with E-state index in [2.05, 4.69) is 36.1 Å². The van der Waals surface area contributed by atoms with Crippen LogP contribution in [-0.2, 0) is 22.4 Å². The number of nitrogens with one attached hydrogen (secondary N) is 1. The fraction of sp³-hybridized carbons (Fsp3) is 0.556. The van der Waals surface area contributed by atoms with Crippen molar-refractivity contribution < 1.29 is 19.8 Å². The molecule has 140 valence electrons. The van der Waals surface area contributed by atoms with E-state index in [1.807, 2.05) is 0 Å². The molecule has 0 amide bonds. The molecule has 2 heterocycles. The van der Waals surface area contributed by atoms with Crippen LogP contribution in [0.15, 0.2) is 6.33 Å². The Bertz CT molecular complexity index is 856. The highest BCUT2D eigenvalue weighted by Crippen LogP contribution is 2.44. The van der Waals surface area contributed by atoms with E-state index in [4.69, 9.17) is 5.11 Å². The SMILES string of the molecule is CC(C)(C)C1CCc2c(sc3ncnc(NC(CC(=O)O)C(=O)O)c23)C1. The van der Waals surface area contributed by atoms with E-state index < -0.39 is 24.4 Å². The Morgan fingerprint density at radius 3 is 2.69 bits per heavy atom. The number of carboxylic acids is 2. The minimum Gasteiger partial charge on any atom is -0.481 e. The summed E-state index contributed by atoms with van der Waals surface area (Å²) in [4.78, 5) is 33.0. The number of nitrogens with zero attached hydrogens (tertiary/aromatic N) is 2. The lowest BCUT2D eigenvalue weighted by Gasteiger charge is -2.33. The zero-order chi connectivity index (χ0) is 19.1. The van der Waals surface area contributed by atoms with Crippen molar-refractivity contribution in [2.24, 2.45) is 11.3 Å². The van der Waals surface area contributed by atoms with Crippen molar-refractivity contribution >= 4 is 39.3 Å². The van der Waals surface area contributed by atoms with E-state index >= 15 is 0 Å². The second-order valence-electron chi connectivity index (χ2n) is 7.84. The van der Waals surface area contributed by atoms with E-state index in [0.717, 1.165) is 29.5 Å². The number of aromatic nitrogens is 2. The van der Waals surface area contributed by atoms with Gasteiger partial charge in [0.1, 0.15) is 23.0 Å². The number of carbonyl (C=O) groups is 2. The standard InChI is InChI=1S/C18H23N3O4S/c1-18(2,3)9-4-5-10-12(6-9)26-16-14(10)15(19-8-20-16)21-11(17(24)25)7-13(22)23/h8-9,11H,4-7H2,1-3H3,(H,22,23)(H,24,25)(H,19,20,21). The Morgan fingerprint density at radius 2 is 2.08 bits per heavy atom.